The van der Waals surface area contributed by atoms with Crippen LogP contribution in [0.15, 0.2) is 0 Å². The molecule has 0 spiro atoms. The van der Waals surface area contributed by atoms with Gasteiger partial charge in [-0.05, 0) is 6.42 Å². The normalized spacial score (nSPS) is 13.5. The summed E-state index contributed by atoms with van der Waals surface area (Å²) in [5.41, 5.74) is 7.08. The Labute approximate surface area is 90.6 Å². The Morgan fingerprint density at radius 2 is 2.00 bits per heavy atom. The third kappa shape index (κ3) is 2.47. The first kappa shape index (κ1) is 11.5. The molecule has 14 heavy (non-hydrogen) atoms. The van der Waals surface area contributed by atoms with E-state index >= 15 is 0 Å². The molecule has 3 heteroatoms. The van der Waals surface area contributed by atoms with Crippen LogP contribution in [0.5, 0.6) is 0 Å². The summed E-state index contributed by atoms with van der Waals surface area (Å²) in [4.78, 5) is 4.62. The second-order valence-electron chi connectivity index (χ2n) is 4.15. The second-order valence-corrected chi connectivity index (χ2v) is 5.21. The van der Waals surface area contributed by atoms with Gasteiger partial charge in [-0.25, -0.2) is 4.98 Å². The minimum absolute atomic E-state index is 0.491. The molecule has 0 aliphatic carbocycles. The van der Waals surface area contributed by atoms with Crippen molar-refractivity contribution in [3.8, 4) is 0 Å². The van der Waals surface area contributed by atoms with Crippen molar-refractivity contribution < 1.29 is 0 Å². The first-order chi connectivity index (χ1) is 6.56. The zero-order valence-corrected chi connectivity index (χ0v) is 10.3. The van der Waals surface area contributed by atoms with Crippen LogP contribution < -0.4 is 5.73 Å². The number of rotatable bonds is 4. The van der Waals surface area contributed by atoms with Gasteiger partial charge in [-0.3, -0.25) is 0 Å². The third-order valence-corrected chi connectivity index (χ3v) is 3.58. The molecular formula is C11H20N2S. The number of thiazole rings is 1. The van der Waals surface area contributed by atoms with E-state index in [2.05, 4.69) is 32.7 Å². The monoisotopic (exact) mass is 212 g/mol. The first-order valence-corrected chi connectivity index (χ1v) is 6.14. The van der Waals surface area contributed by atoms with Gasteiger partial charge in [0.25, 0.3) is 0 Å². The highest BCUT2D eigenvalue weighted by Gasteiger charge is 2.15. The molecule has 0 amide bonds. The quantitative estimate of drug-likeness (QED) is 0.825. The van der Waals surface area contributed by atoms with E-state index in [4.69, 9.17) is 5.73 Å². The molecular weight excluding hydrogens is 192 g/mol. The molecule has 0 radical (unpaired) electrons. The molecule has 1 aromatic rings. The fourth-order valence-electron chi connectivity index (χ4n) is 1.53. The van der Waals surface area contributed by atoms with Gasteiger partial charge in [0.05, 0.1) is 10.7 Å². The summed E-state index contributed by atoms with van der Waals surface area (Å²) in [7, 11) is 0. The summed E-state index contributed by atoms with van der Waals surface area (Å²) in [6, 6.07) is 0. The van der Waals surface area contributed by atoms with Crippen molar-refractivity contribution in [2.75, 3.05) is 5.73 Å². The molecule has 0 saturated heterocycles. The minimum Gasteiger partial charge on any atom is -0.389 e. The number of nitrogens with zero attached hydrogens (tertiary/aromatic N) is 1. The van der Waals surface area contributed by atoms with Crippen molar-refractivity contribution in [3.05, 3.63) is 10.7 Å². The summed E-state index contributed by atoms with van der Waals surface area (Å²) in [5, 5.41) is 2.08. The van der Waals surface area contributed by atoms with Crippen LogP contribution in [0.2, 0.25) is 0 Å². The van der Waals surface area contributed by atoms with Gasteiger partial charge in [0, 0.05) is 11.8 Å². The van der Waals surface area contributed by atoms with E-state index in [0.29, 0.717) is 11.8 Å². The Morgan fingerprint density at radius 3 is 2.43 bits per heavy atom. The van der Waals surface area contributed by atoms with Crippen molar-refractivity contribution in [1.29, 1.82) is 0 Å². The molecule has 0 bridgehead atoms. The van der Waals surface area contributed by atoms with Gasteiger partial charge in [0.2, 0.25) is 0 Å². The molecule has 0 saturated carbocycles. The zero-order valence-electron chi connectivity index (χ0n) is 9.50. The van der Waals surface area contributed by atoms with E-state index in [9.17, 15) is 0 Å². The smallest absolute Gasteiger partial charge is 0.110 e. The molecule has 0 fully saturated rings. The Hall–Kier alpha value is -0.570. The second kappa shape index (κ2) is 4.78. The van der Waals surface area contributed by atoms with Crippen molar-refractivity contribution in [1.82, 2.24) is 4.98 Å². The van der Waals surface area contributed by atoms with Crippen LogP contribution in [0.4, 0.5) is 5.00 Å². The number of nitrogens with two attached hydrogens (primary N) is 1. The van der Waals surface area contributed by atoms with Crippen LogP contribution in [0.1, 0.15) is 63.1 Å². The van der Waals surface area contributed by atoms with Crippen LogP contribution in [0, 0.1) is 0 Å². The third-order valence-electron chi connectivity index (χ3n) is 2.38. The summed E-state index contributed by atoms with van der Waals surface area (Å²) in [6.45, 7) is 8.72. The summed E-state index contributed by atoms with van der Waals surface area (Å²) < 4.78 is 0. The summed E-state index contributed by atoms with van der Waals surface area (Å²) in [6.07, 6.45) is 2.36. The van der Waals surface area contributed by atoms with Crippen molar-refractivity contribution in [2.45, 2.75) is 52.4 Å². The molecule has 0 aromatic carbocycles. The van der Waals surface area contributed by atoms with Crippen LogP contribution in [-0.2, 0) is 0 Å². The maximum Gasteiger partial charge on any atom is 0.110 e. The van der Waals surface area contributed by atoms with Crippen LogP contribution >= 0.6 is 11.3 Å². The molecule has 1 rings (SSSR count). The highest BCUT2D eigenvalue weighted by atomic mass is 32.1. The van der Waals surface area contributed by atoms with Gasteiger partial charge in [-0.2, -0.15) is 0 Å². The standard InChI is InChI=1S/C11H20N2S/c1-5-6-8(4)9-10(12)14-11(13-9)7(2)3/h7-8H,5-6,12H2,1-4H3. The topological polar surface area (TPSA) is 38.9 Å². The number of hydrogen-bond acceptors (Lipinski definition) is 3. The van der Waals surface area contributed by atoms with E-state index in [1.807, 2.05) is 0 Å². The summed E-state index contributed by atoms with van der Waals surface area (Å²) >= 11 is 1.64. The molecule has 0 aliphatic rings. The predicted octanol–water partition coefficient (Wildman–Crippen LogP) is 3.75. The van der Waals surface area contributed by atoms with E-state index in [1.165, 1.54) is 17.8 Å². The molecule has 1 unspecified atom stereocenters. The van der Waals surface area contributed by atoms with Crippen LogP contribution in [0.25, 0.3) is 0 Å². The molecule has 0 aliphatic heterocycles. The first-order valence-electron chi connectivity index (χ1n) is 5.32. The van der Waals surface area contributed by atoms with E-state index in [1.54, 1.807) is 11.3 Å². The highest BCUT2D eigenvalue weighted by molar-refractivity contribution is 7.15. The minimum atomic E-state index is 0.491. The van der Waals surface area contributed by atoms with Gasteiger partial charge < -0.3 is 5.73 Å². The van der Waals surface area contributed by atoms with Crippen LogP contribution in [-0.4, -0.2) is 4.98 Å². The molecule has 80 valence electrons. The molecule has 2 nitrogen and oxygen atoms in total. The fraction of sp³-hybridized carbons (Fsp3) is 0.727. The number of aromatic nitrogens is 1. The van der Waals surface area contributed by atoms with Gasteiger partial charge in [0.15, 0.2) is 0 Å². The van der Waals surface area contributed by atoms with Crippen molar-refractivity contribution >= 4 is 16.3 Å². The van der Waals surface area contributed by atoms with Crippen molar-refractivity contribution in [3.63, 3.8) is 0 Å². The zero-order chi connectivity index (χ0) is 10.7. The fourth-order valence-corrected chi connectivity index (χ4v) is 2.49. The Bertz CT molecular complexity index is 291. The van der Waals surface area contributed by atoms with E-state index in [-0.39, 0.29) is 0 Å². The summed E-state index contributed by atoms with van der Waals surface area (Å²) in [5.74, 6) is 0.994. The van der Waals surface area contributed by atoms with E-state index in [0.717, 1.165) is 10.7 Å². The lowest BCUT2D eigenvalue weighted by Crippen LogP contribution is -1.98. The highest BCUT2D eigenvalue weighted by Crippen LogP contribution is 2.33. The lowest BCUT2D eigenvalue weighted by atomic mass is 10.0. The number of hydrogen-bond donors (Lipinski definition) is 1. The average molecular weight is 212 g/mol. The molecule has 1 aromatic heterocycles. The molecule has 2 N–H and O–H groups in total. The molecule has 1 heterocycles. The van der Waals surface area contributed by atoms with Gasteiger partial charge >= 0.3 is 0 Å². The Balaban J connectivity index is 2.86. The number of anilines is 1. The number of nitrogen functional groups attached to an aromatic ring is 1. The Morgan fingerprint density at radius 1 is 1.36 bits per heavy atom. The average Bonchev–Trinajstić information content (AvgIpc) is 2.48. The maximum absolute atomic E-state index is 5.97. The molecule has 1 atom stereocenters. The lowest BCUT2D eigenvalue weighted by Gasteiger charge is -2.07. The van der Waals surface area contributed by atoms with Crippen molar-refractivity contribution in [2.24, 2.45) is 0 Å². The Kier molecular flexibility index (Phi) is 3.93. The van der Waals surface area contributed by atoms with Crippen LogP contribution in [0.3, 0.4) is 0 Å². The predicted molar refractivity (Wildman–Crippen MR) is 63.9 cm³/mol. The largest absolute Gasteiger partial charge is 0.389 e. The maximum atomic E-state index is 5.97. The van der Waals surface area contributed by atoms with Gasteiger partial charge in [-0.1, -0.05) is 34.1 Å². The lowest BCUT2D eigenvalue weighted by molar-refractivity contribution is 0.648. The van der Waals surface area contributed by atoms with Gasteiger partial charge in [0.1, 0.15) is 5.00 Å². The SMILES string of the molecule is CCCC(C)c1nc(C(C)C)sc1N. The van der Waals surface area contributed by atoms with Gasteiger partial charge in [-0.15, -0.1) is 11.3 Å². The van der Waals surface area contributed by atoms with E-state index < -0.39 is 0 Å².